The monoisotopic (exact) mass is 661 g/mol. The van der Waals surface area contributed by atoms with E-state index in [2.05, 4.69) is 5.32 Å². The lowest BCUT2D eigenvalue weighted by Crippen LogP contribution is -2.60. The van der Waals surface area contributed by atoms with Gasteiger partial charge in [0.15, 0.2) is 6.29 Å². The molecule has 2 aromatic carbocycles. The molecule has 1 fully saturated rings. The van der Waals surface area contributed by atoms with Gasteiger partial charge in [0.25, 0.3) is 0 Å². The number of piperidine rings is 1. The minimum absolute atomic E-state index is 0.149. The van der Waals surface area contributed by atoms with Gasteiger partial charge in [0.1, 0.15) is 16.9 Å². The highest BCUT2D eigenvalue weighted by Gasteiger charge is 2.61. The molecule has 1 saturated heterocycles. The summed E-state index contributed by atoms with van der Waals surface area (Å²) >= 11 is 0. The smallest absolute Gasteiger partial charge is 0.403 e. The van der Waals surface area contributed by atoms with E-state index < -0.39 is 68.5 Å². The van der Waals surface area contributed by atoms with Crippen molar-refractivity contribution in [2.24, 2.45) is 5.41 Å². The molecule has 1 aliphatic carbocycles. The number of rotatable bonds is 11. The minimum Gasteiger partial charge on any atom is -0.496 e. The van der Waals surface area contributed by atoms with E-state index in [1.54, 1.807) is 26.4 Å². The molecule has 2 aliphatic rings. The molecular weight excluding hydrogens is 620 g/mol. The number of nitrogens with zero attached hydrogens (tertiary/aromatic N) is 2. The van der Waals surface area contributed by atoms with Gasteiger partial charge < -0.3 is 29.9 Å². The van der Waals surface area contributed by atoms with Crippen LogP contribution in [0.3, 0.4) is 0 Å². The number of carbonyl (C=O) groups is 1. The second-order valence-electron chi connectivity index (χ2n) is 12.4. The lowest BCUT2D eigenvalue weighted by Gasteiger charge is -2.42. The zero-order valence-corrected chi connectivity index (χ0v) is 26.3. The van der Waals surface area contributed by atoms with E-state index in [0.717, 1.165) is 27.2 Å². The molecule has 0 saturated carbocycles. The molecule has 1 amide bonds. The zero-order chi connectivity index (χ0) is 34.0. The normalized spacial score (nSPS) is 19.3. The maximum Gasteiger partial charge on any atom is 0.403 e. The molecule has 46 heavy (non-hydrogen) atoms. The molecule has 4 rings (SSSR count). The van der Waals surface area contributed by atoms with Crippen molar-refractivity contribution in [3.8, 4) is 11.5 Å². The van der Waals surface area contributed by atoms with E-state index in [4.69, 9.17) is 9.47 Å². The molecule has 0 aromatic heterocycles. The highest BCUT2D eigenvalue weighted by Crippen LogP contribution is 2.49. The number of fused-ring (bicyclic) bond motifs is 1. The quantitative estimate of drug-likeness (QED) is 0.243. The summed E-state index contributed by atoms with van der Waals surface area (Å²) in [7, 11) is 7.05. The van der Waals surface area contributed by atoms with Crippen molar-refractivity contribution < 1.29 is 50.8 Å². The van der Waals surface area contributed by atoms with Gasteiger partial charge >= 0.3 is 12.4 Å². The molecule has 0 radical (unpaired) electrons. The molecule has 2 atom stereocenters. The fraction of sp³-hybridized carbons (Fsp3) is 0.594. The summed E-state index contributed by atoms with van der Waals surface area (Å²) in [5, 5.41) is 22.6. The van der Waals surface area contributed by atoms with Crippen LogP contribution in [0.2, 0.25) is 0 Å². The van der Waals surface area contributed by atoms with E-state index in [9.17, 15) is 41.4 Å². The van der Waals surface area contributed by atoms with Gasteiger partial charge in [-0.3, -0.25) is 9.69 Å². The number of hydrogen-bond donors (Lipinski definition) is 3. The van der Waals surface area contributed by atoms with Crippen molar-refractivity contribution in [3.05, 3.63) is 58.1 Å². The number of ether oxygens (including phenoxy) is 2. The Morgan fingerprint density at radius 2 is 1.72 bits per heavy atom. The Balaban J connectivity index is 1.60. The van der Waals surface area contributed by atoms with Gasteiger partial charge in [0, 0.05) is 23.6 Å². The van der Waals surface area contributed by atoms with Gasteiger partial charge in [-0.2, -0.15) is 26.3 Å². The van der Waals surface area contributed by atoms with Crippen molar-refractivity contribution >= 4 is 5.91 Å². The third-order valence-electron chi connectivity index (χ3n) is 9.07. The van der Waals surface area contributed by atoms with Crippen LogP contribution in [0.5, 0.6) is 11.5 Å². The Kier molecular flexibility index (Phi) is 10.9. The number of methoxy groups -OCH3 is 2. The fourth-order valence-corrected chi connectivity index (χ4v) is 6.82. The van der Waals surface area contributed by atoms with Gasteiger partial charge in [-0.05, 0) is 82.0 Å². The molecule has 0 unspecified atom stereocenters. The maximum absolute atomic E-state index is 14.3. The van der Waals surface area contributed by atoms with Crippen LogP contribution in [0.4, 0.5) is 26.3 Å². The lowest BCUT2D eigenvalue weighted by atomic mass is 9.76. The molecule has 1 heterocycles. The lowest BCUT2D eigenvalue weighted by molar-refractivity contribution is -0.237. The Bertz CT molecular complexity index is 1370. The molecule has 2 aromatic rings. The van der Waals surface area contributed by atoms with E-state index in [1.807, 2.05) is 37.2 Å². The van der Waals surface area contributed by atoms with Gasteiger partial charge in [0.2, 0.25) is 5.91 Å². The minimum atomic E-state index is -5.06. The predicted molar refractivity (Wildman–Crippen MR) is 158 cm³/mol. The van der Waals surface area contributed by atoms with Crippen LogP contribution in [-0.4, -0.2) is 98.6 Å². The molecule has 8 nitrogen and oxygen atoms in total. The van der Waals surface area contributed by atoms with Crippen LogP contribution in [0.1, 0.15) is 53.0 Å². The first-order chi connectivity index (χ1) is 21.5. The number of hydrogen-bond acceptors (Lipinski definition) is 7. The van der Waals surface area contributed by atoms with Crippen LogP contribution in [0.15, 0.2) is 30.3 Å². The van der Waals surface area contributed by atoms with Gasteiger partial charge in [0.05, 0.1) is 26.8 Å². The number of likely N-dealkylation sites (tertiary alicyclic amines) is 1. The van der Waals surface area contributed by atoms with E-state index in [-0.39, 0.29) is 12.3 Å². The number of halogens is 6. The second-order valence-corrected chi connectivity index (χ2v) is 12.4. The first-order valence-electron chi connectivity index (χ1n) is 15.0. The van der Waals surface area contributed by atoms with E-state index in [1.165, 1.54) is 0 Å². The number of amides is 1. The van der Waals surface area contributed by atoms with Crippen LogP contribution in [-0.2, 0) is 24.2 Å². The average molecular weight is 662 g/mol. The van der Waals surface area contributed by atoms with Crippen LogP contribution >= 0.6 is 0 Å². The van der Waals surface area contributed by atoms with E-state index >= 15 is 0 Å². The Morgan fingerprint density at radius 3 is 2.26 bits per heavy atom. The summed E-state index contributed by atoms with van der Waals surface area (Å²) in [5.41, 5.74) is 1.29. The van der Waals surface area contributed by atoms with Gasteiger partial charge in [-0.15, -0.1) is 0 Å². The molecule has 1 aliphatic heterocycles. The fourth-order valence-electron chi connectivity index (χ4n) is 6.82. The third kappa shape index (κ3) is 7.56. The SMILES string of the molecule is COc1ccc(CN(C)C)c(OC)c1[C@@H]1CCc2c(C[C@H](NC(=O)C3(C(F)(F)F)CCN(CC(F)(F)F)CC3)C(O)O)cccc21. The van der Waals surface area contributed by atoms with Gasteiger partial charge in [-0.25, -0.2) is 0 Å². The number of carbonyl (C=O) groups excluding carboxylic acids is 1. The largest absolute Gasteiger partial charge is 0.496 e. The second kappa shape index (κ2) is 14.0. The Hall–Kier alpha value is -3.07. The van der Waals surface area contributed by atoms with Crippen molar-refractivity contribution in [1.29, 1.82) is 0 Å². The average Bonchev–Trinajstić information content (AvgIpc) is 3.39. The highest BCUT2D eigenvalue weighted by molar-refractivity contribution is 5.84. The van der Waals surface area contributed by atoms with Crippen molar-refractivity contribution in [2.45, 2.75) is 69.3 Å². The van der Waals surface area contributed by atoms with Crippen molar-refractivity contribution in [3.63, 3.8) is 0 Å². The topological polar surface area (TPSA) is 94.5 Å². The van der Waals surface area contributed by atoms with Crippen molar-refractivity contribution in [1.82, 2.24) is 15.1 Å². The summed E-state index contributed by atoms with van der Waals surface area (Å²) < 4.78 is 93.1. The molecule has 0 spiro atoms. The number of alkyl halides is 6. The summed E-state index contributed by atoms with van der Waals surface area (Å²) in [6.07, 6.45) is -12.6. The summed E-state index contributed by atoms with van der Waals surface area (Å²) in [4.78, 5) is 16.1. The number of benzene rings is 2. The summed E-state index contributed by atoms with van der Waals surface area (Å²) in [5.74, 6) is -0.310. The van der Waals surface area contributed by atoms with Crippen LogP contribution in [0, 0.1) is 5.41 Å². The van der Waals surface area contributed by atoms with E-state index in [0.29, 0.717) is 36.4 Å². The number of aliphatic hydroxyl groups is 2. The first-order valence-corrected chi connectivity index (χ1v) is 15.0. The zero-order valence-electron chi connectivity index (χ0n) is 26.3. The molecule has 3 N–H and O–H groups in total. The third-order valence-corrected chi connectivity index (χ3v) is 9.07. The summed E-state index contributed by atoms with van der Waals surface area (Å²) in [6, 6.07) is 7.76. The molecule has 256 valence electrons. The number of nitrogens with one attached hydrogen (secondary N) is 1. The predicted octanol–water partition coefficient (Wildman–Crippen LogP) is 4.39. The molecule has 14 heteroatoms. The maximum atomic E-state index is 14.3. The van der Waals surface area contributed by atoms with Crippen molar-refractivity contribution in [2.75, 3.05) is 47.9 Å². The number of aliphatic hydroxyl groups excluding tert-OH is 1. The Labute approximate surface area is 264 Å². The summed E-state index contributed by atoms with van der Waals surface area (Å²) in [6.45, 7) is -1.93. The first kappa shape index (κ1) is 35.8. The molecular formula is C32H41F6N3O5. The molecule has 0 bridgehead atoms. The van der Waals surface area contributed by atoms with Crippen LogP contribution < -0.4 is 14.8 Å². The standard InChI is InChI=1S/C32H41F6N3O5/c1-40(2)17-20-8-11-25(45-3)26(27(20)46-4)23-10-9-21-19(6-5-7-22(21)23)16-24(28(42)43)39-29(44)30(32(36,37)38)12-14-41(15-13-30)18-31(33,34)35/h5-8,11,23-24,28,42-43H,9-10,12-18H2,1-4H3,(H,39,44)/t23-,24+/m1/s1. The van der Waals surface area contributed by atoms with Gasteiger partial charge in [-0.1, -0.05) is 24.3 Å². The Morgan fingerprint density at radius 1 is 1.04 bits per heavy atom. The van der Waals surface area contributed by atoms with Crippen LogP contribution in [0.25, 0.3) is 0 Å². The highest BCUT2D eigenvalue weighted by atomic mass is 19.4.